The predicted molar refractivity (Wildman–Crippen MR) is 48.7 cm³/mol. The lowest BCUT2D eigenvalue weighted by atomic mass is 10.1. The molecule has 1 aromatic rings. The fourth-order valence-electron chi connectivity index (χ4n) is 1.19. The zero-order chi connectivity index (χ0) is 8.97. The summed E-state index contributed by atoms with van der Waals surface area (Å²) >= 11 is 0. The maximum Gasteiger partial charge on any atom is 0.122 e. The Hall–Kier alpha value is -1.18. The topological polar surface area (TPSA) is 29.5 Å². The number of phenols is 1. The van der Waals surface area contributed by atoms with Crippen LogP contribution in [-0.4, -0.2) is 12.2 Å². The maximum absolute atomic E-state index is 9.27. The Balaban J connectivity index is 2.90. The van der Waals surface area contributed by atoms with Gasteiger partial charge in [-0.1, -0.05) is 13.3 Å². The molecule has 0 aliphatic carbocycles. The number of aryl methyl sites for hydroxylation is 1. The first-order valence-corrected chi connectivity index (χ1v) is 4.13. The summed E-state index contributed by atoms with van der Waals surface area (Å²) < 4.78 is 5.02. The molecule has 1 rings (SSSR count). The second-order valence-corrected chi connectivity index (χ2v) is 2.79. The van der Waals surface area contributed by atoms with Gasteiger partial charge in [0.15, 0.2) is 0 Å². The quantitative estimate of drug-likeness (QED) is 0.746. The monoisotopic (exact) mass is 166 g/mol. The molecule has 0 aromatic heterocycles. The zero-order valence-electron chi connectivity index (χ0n) is 7.50. The summed E-state index contributed by atoms with van der Waals surface area (Å²) in [4.78, 5) is 0. The summed E-state index contributed by atoms with van der Waals surface area (Å²) in [7, 11) is 1.60. The average molecular weight is 166 g/mol. The van der Waals surface area contributed by atoms with Gasteiger partial charge >= 0.3 is 0 Å². The molecule has 1 N–H and O–H groups in total. The minimum absolute atomic E-state index is 0.276. The molecule has 12 heavy (non-hydrogen) atoms. The summed E-state index contributed by atoms with van der Waals surface area (Å²) in [5.74, 6) is 0.997. The summed E-state index contributed by atoms with van der Waals surface area (Å²) in [5.41, 5.74) is 1.12. The first kappa shape index (κ1) is 8.91. The third-order valence-electron chi connectivity index (χ3n) is 1.73. The average Bonchev–Trinajstić information content (AvgIpc) is 2.04. The summed E-state index contributed by atoms with van der Waals surface area (Å²) in [6.07, 6.45) is 2.05. The molecular weight excluding hydrogens is 152 g/mol. The van der Waals surface area contributed by atoms with E-state index in [9.17, 15) is 5.11 Å². The van der Waals surface area contributed by atoms with Crippen LogP contribution in [0.2, 0.25) is 0 Å². The van der Waals surface area contributed by atoms with Gasteiger partial charge in [0.1, 0.15) is 11.5 Å². The van der Waals surface area contributed by atoms with Crippen LogP contribution in [0.3, 0.4) is 0 Å². The summed E-state index contributed by atoms with van der Waals surface area (Å²) in [6, 6.07) is 5.33. The second kappa shape index (κ2) is 4.00. The SMILES string of the molecule is CCCc1cc(O)cc(OC)c1. The lowest BCUT2D eigenvalue weighted by Gasteiger charge is -2.04. The van der Waals surface area contributed by atoms with E-state index in [0.29, 0.717) is 0 Å². The third kappa shape index (κ3) is 2.16. The smallest absolute Gasteiger partial charge is 0.122 e. The van der Waals surface area contributed by atoms with E-state index in [-0.39, 0.29) is 5.75 Å². The molecule has 0 amide bonds. The zero-order valence-corrected chi connectivity index (χ0v) is 7.50. The van der Waals surface area contributed by atoms with Crippen molar-refractivity contribution in [1.82, 2.24) is 0 Å². The van der Waals surface area contributed by atoms with E-state index < -0.39 is 0 Å². The van der Waals surface area contributed by atoms with Crippen LogP contribution in [-0.2, 0) is 6.42 Å². The second-order valence-electron chi connectivity index (χ2n) is 2.79. The van der Waals surface area contributed by atoms with E-state index in [1.807, 2.05) is 6.07 Å². The van der Waals surface area contributed by atoms with Gasteiger partial charge in [-0.25, -0.2) is 0 Å². The van der Waals surface area contributed by atoms with Crippen LogP contribution >= 0.6 is 0 Å². The highest BCUT2D eigenvalue weighted by molar-refractivity contribution is 5.37. The lowest BCUT2D eigenvalue weighted by molar-refractivity contribution is 0.407. The van der Waals surface area contributed by atoms with Crippen molar-refractivity contribution in [1.29, 1.82) is 0 Å². The van der Waals surface area contributed by atoms with Crippen molar-refractivity contribution in [3.63, 3.8) is 0 Å². The van der Waals surface area contributed by atoms with E-state index in [1.54, 1.807) is 19.2 Å². The molecule has 1 aromatic carbocycles. The van der Waals surface area contributed by atoms with Crippen molar-refractivity contribution < 1.29 is 9.84 Å². The largest absolute Gasteiger partial charge is 0.508 e. The van der Waals surface area contributed by atoms with Crippen molar-refractivity contribution in [2.24, 2.45) is 0 Å². The molecule has 0 saturated heterocycles. The molecule has 0 radical (unpaired) electrons. The molecule has 2 nitrogen and oxygen atoms in total. The van der Waals surface area contributed by atoms with Crippen LogP contribution in [0.4, 0.5) is 0 Å². The van der Waals surface area contributed by atoms with Gasteiger partial charge in [0.2, 0.25) is 0 Å². The van der Waals surface area contributed by atoms with Gasteiger partial charge in [0, 0.05) is 6.07 Å². The molecular formula is C10H14O2. The predicted octanol–water partition coefficient (Wildman–Crippen LogP) is 2.35. The molecule has 0 spiro atoms. The fourth-order valence-corrected chi connectivity index (χ4v) is 1.19. The van der Waals surface area contributed by atoms with Gasteiger partial charge in [-0.05, 0) is 24.1 Å². The number of phenolic OH excluding ortho intramolecular Hbond substituents is 1. The Bertz CT molecular complexity index is 256. The van der Waals surface area contributed by atoms with E-state index in [2.05, 4.69) is 6.92 Å². The Kier molecular flexibility index (Phi) is 2.97. The Morgan fingerprint density at radius 3 is 2.67 bits per heavy atom. The minimum atomic E-state index is 0.276. The van der Waals surface area contributed by atoms with Crippen molar-refractivity contribution in [2.75, 3.05) is 7.11 Å². The first-order chi connectivity index (χ1) is 5.76. The highest BCUT2D eigenvalue weighted by Gasteiger charge is 1.98. The third-order valence-corrected chi connectivity index (χ3v) is 1.73. The lowest BCUT2D eigenvalue weighted by Crippen LogP contribution is -1.87. The number of rotatable bonds is 3. The van der Waals surface area contributed by atoms with Crippen molar-refractivity contribution >= 4 is 0 Å². The number of ether oxygens (including phenoxy) is 1. The molecule has 0 aliphatic rings. The highest BCUT2D eigenvalue weighted by atomic mass is 16.5. The Morgan fingerprint density at radius 2 is 2.08 bits per heavy atom. The van der Waals surface area contributed by atoms with E-state index in [0.717, 1.165) is 24.2 Å². The minimum Gasteiger partial charge on any atom is -0.508 e. The van der Waals surface area contributed by atoms with Crippen LogP contribution < -0.4 is 4.74 Å². The van der Waals surface area contributed by atoms with Crippen LogP contribution in [0.1, 0.15) is 18.9 Å². The van der Waals surface area contributed by atoms with Crippen molar-refractivity contribution in [3.8, 4) is 11.5 Å². The number of hydrogen-bond acceptors (Lipinski definition) is 2. The summed E-state index contributed by atoms with van der Waals surface area (Å²) in [5, 5.41) is 9.27. The van der Waals surface area contributed by atoms with Gasteiger partial charge in [-0.2, -0.15) is 0 Å². The molecule has 2 heteroatoms. The molecule has 0 aliphatic heterocycles. The van der Waals surface area contributed by atoms with E-state index in [4.69, 9.17) is 4.74 Å². The van der Waals surface area contributed by atoms with Crippen LogP contribution in [0.5, 0.6) is 11.5 Å². The van der Waals surface area contributed by atoms with Crippen molar-refractivity contribution in [2.45, 2.75) is 19.8 Å². The molecule has 0 bridgehead atoms. The van der Waals surface area contributed by atoms with Gasteiger partial charge in [-0.15, -0.1) is 0 Å². The van der Waals surface area contributed by atoms with Crippen LogP contribution in [0.25, 0.3) is 0 Å². The molecule has 0 unspecified atom stereocenters. The van der Waals surface area contributed by atoms with E-state index in [1.165, 1.54) is 0 Å². The number of methoxy groups -OCH3 is 1. The molecule has 0 fully saturated rings. The van der Waals surface area contributed by atoms with Gasteiger partial charge in [-0.3, -0.25) is 0 Å². The highest BCUT2D eigenvalue weighted by Crippen LogP contribution is 2.21. The molecule has 0 atom stereocenters. The van der Waals surface area contributed by atoms with Crippen LogP contribution in [0, 0.1) is 0 Å². The van der Waals surface area contributed by atoms with Gasteiger partial charge in [0.25, 0.3) is 0 Å². The van der Waals surface area contributed by atoms with Gasteiger partial charge in [0.05, 0.1) is 7.11 Å². The van der Waals surface area contributed by atoms with Crippen LogP contribution in [0.15, 0.2) is 18.2 Å². The fraction of sp³-hybridized carbons (Fsp3) is 0.400. The number of benzene rings is 1. The molecule has 0 saturated carbocycles. The number of aromatic hydroxyl groups is 1. The molecule has 0 heterocycles. The standard InChI is InChI=1S/C10H14O2/c1-3-4-8-5-9(11)7-10(6-8)12-2/h5-7,11H,3-4H2,1-2H3. The van der Waals surface area contributed by atoms with E-state index >= 15 is 0 Å². The van der Waals surface area contributed by atoms with Crippen molar-refractivity contribution in [3.05, 3.63) is 23.8 Å². The van der Waals surface area contributed by atoms with Gasteiger partial charge < -0.3 is 9.84 Å². The summed E-state index contributed by atoms with van der Waals surface area (Å²) in [6.45, 7) is 2.11. The maximum atomic E-state index is 9.27. The Labute approximate surface area is 72.8 Å². The normalized spacial score (nSPS) is 9.83. The first-order valence-electron chi connectivity index (χ1n) is 4.13. The number of hydrogen-bond donors (Lipinski definition) is 1. The molecule has 66 valence electrons. The Morgan fingerprint density at radius 1 is 1.33 bits per heavy atom.